The summed E-state index contributed by atoms with van der Waals surface area (Å²) in [5.41, 5.74) is 1.08. The summed E-state index contributed by atoms with van der Waals surface area (Å²) in [5.74, 6) is 2.25. The molecular weight excluding hydrogens is 338 g/mol. The number of ether oxygens (including phenoxy) is 3. The minimum absolute atomic E-state index is 0.266. The molecule has 1 aromatic rings. The topological polar surface area (TPSA) is 60.0 Å². The van der Waals surface area contributed by atoms with Crippen molar-refractivity contribution in [1.82, 2.24) is 5.32 Å². The fourth-order valence-corrected chi connectivity index (χ4v) is 2.82. The molecule has 0 bridgehead atoms. The second-order valence-electron chi connectivity index (χ2n) is 5.58. The van der Waals surface area contributed by atoms with E-state index < -0.39 is 6.10 Å². The third kappa shape index (κ3) is 4.32. The van der Waals surface area contributed by atoms with Gasteiger partial charge in [0.2, 0.25) is 6.79 Å². The van der Waals surface area contributed by atoms with E-state index in [1.807, 2.05) is 12.1 Å². The number of rotatable bonds is 8. The third-order valence-electron chi connectivity index (χ3n) is 3.56. The summed E-state index contributed by atoms with van der Waals surface area (Å²) in [7, 11) is 0. The Morgan fingerprint density at radius 1 is 1.38 bits per heavy atom. The highest BCUT2D eigenvalue weighted by Gasteiger charge is 2.21. The summed E-state index contributed by atoms with van der Waals surface area (Å²) in [4.78, 5) is 0. The molecule has 3 rings (SSSR count). The fraction of sp³-hybridized carbons (Fsp3) is 0.600. The van der Waals surface area contributed by atoms with Gasteiger partial charge in [-0.25, -0.2) is 0 Å². The maximum absolute atomic E-state index is 9.83. The zero-order valence-electron chi connectivity index (χ0n) is 11.8. The van der Waals surface area contributed by atoms with Gasteiger partial charge in [-0.1, -0.05) is 0 Å². The predicted octanol–water partition coefficient (Wildman–Crippen LogP) is 2.05. The van der Waals surface area contributed by atoms with Crippen molar-refractivity contribution < 1.29 is 19.3 Å². The normalized spacial score (nSPS) is 18.0. The summed E-state index contributed by atoms with van der Waals surface area (Å²) < 4.78 is 17.1. The van der Waals surface area contributed by atoms with Gasteiger partial charge in [0, 0.05) is 19.7 Å². The first kappa shape index (κ1) is 15.1. The van der Waals surface area contributed by atoms with Gasteiger partial charge in [0.05, 0.1) is 17.2 Å². The molecule has 21 heavy (non-hydrogen) atoms. The quantitative estimate of drug-likeness (QED) is 0.745. The van der Waals surface area contributed by atoms with E-state index in [-0.39, 0.29) is 6.79 Å². The number of hydrogen-bond donors (Lipinski definition) is 2. The number of nitrogens with one attached hydrogen (secondary N) is 1. The Morgan fingerprint density at radius 3 is 3.05 bits per heavy atom. The van der Waals surface area contributed by atoms with E-state index in [1.54, 1.807) is 0 Å². The van der Waals surface area contributed by atoms with E-state index in [2.05, 4.69) is 21.2 Å². The Hall–Kier alpha value is -0.820. The summed E-state index contributed by atoms with van der Waals surface area (Å²) in [6.45, 7) is 2.62. The summed E-state index contributed by atoms with van der Waals surface area (Å²) in [6, 6.07) is 3.95. The van der Waals surface area contributed by atoms with Crippen molar-refractivity contribution in [1.29, 1.82) is 0 Å². The minimum Gasteiger partial charge on any atom is -0.454 e. The van der Waals surface area contributed by atoms with Crippen LogP contribution in [-0.2, 0) is 11.3 Å². The maximum Gasteiger partial charge on any atom is 0.231 e. The van der Waals surface area contributed by atoms with Crippen molar-refractivity contribution in [2.75, 3.05) is 26.6 Å². The van der Waals surface area contributed by atoms with Crippen LogP contribution in [0.1, 0.15) is 18.4 Å². The van der Waals surface area contributed by atoms with Gasteiger partial charge >= 0.3 is 0 Å². The van der Waals surface area contributed by atoms with Gasteiger partial charge in [-0.15, -0.1) is 0 Å². The lowest BCUT2D eigenvalue weighted by atomic mass is 10.2. The smallest absolute Gasteiger partial charge is 0.231 e. The monoisotopic (exact) mass is 357 g/mol. The molecule has 1 aliphatic heterocycles. The number of benzene rings is 1. The Kier molecular flexibility index (Phi) is 5.00. The molecule has 0 spiro atoms. The molecule has 1 fully saturated rings. The van der Waals surface area contributed by atoms with Crippen LogP contribution in [0.3, 0.4) is 0 Å². The van der Waals surface area contributed by atoms with Crippen molar-refractivity contribution in [2.24, 2.45) is 5.92 Å². The highest BCUT2D eigenvalue weighted by molar-refractivity contribution is 9.10. The number of halogens is 1. The van der Waals surface area contributed by atoms with Crippen LogP contribution in [0.4, 0.5) is 0 Å². The van der Waals surface area contributed by atoms with E-state index in [0.717, 1.165) is 34.1 Å². The molecule has 0 radical (unpaired) electrons. The first-order chi connectivity index (χ1) is 10.2. The molecule has 6 heteroatoms. The van der Waals surface area contributed by atoms with Gasteiger partial charge in [0.15, 0.2) is 11.5 Å². The molecule has 116 valence electrons. The average Bonchev–Trinajstić information content (AvgIpc) is 3.14. The lowest BCUT2D eigenvalue weighted by molar-refractivity contribution is 0.0324. The molecule has 1 atom stereocenters. The first-order valence-electron chi connectivity index (χ1n) is 7.27. The van der Waals surface area contributed by atoms with E-state index >= 15 is 0 Å². The largest absolute Gasteiger partial charge is 0.454 e. The fourth-order valence-electron chi connectivity index (χ4n) is 2.22. The van der Waals surface area contributed by atoms with Crippen molar-refractivity contribution >= 4 is 15.9 Å². The second-order valence-corrected chi connectivity index (χ2v) is 6.43. The number of aliphatic hydroxyl groups is 1. The molecule has 1 unspecified atom stereocenters. The molecule has 0 saturated heterocycles. The van der Waals surface area contributed by atoms with Crippen molar-refractivity contribution in [3.05, 3.63) is 22.2 Å². The minimum atomic E-state index is -0.471. The van der Waals surface area contributed by atoms with E-state index in [9.17, 15) is 5.11 Å². The molecule has 0 amide bonds. The summed E-state index contributed by atoms with van der Waals surface area (Å²) in [5, 5.41) is 13.1. The molecule has 1 aromatic carbocycles. The number of fused-ring (bicyclic) bond motifs is 1. The van der Waals surface area contributed by atoms with Gasteiger partial charge in [0.25, 0.3) is 0 Å². The van der Waals surface area contributed by atoms with Gasteiger partial charge in [0.1, 0.15) is 0 Å². The second kappa shape index (κ2) is 6.96. The highest BCUT2D eigenvalue weighted by atomic mass is 79.9. The SMILES string of the molecule is OC(CNCc1cc(Br)c2c(c1)OCO2)COCC1CC1. The lowest BCUT2D eigenvalue weighted by Crippen LogP contribution is -2.30. The molecular formula is C15H20BrNO4. The van der Waals surface area contributed by atoms with Crippen molar-refractivity contribution in [3.63, 3.8) is 0 Å². The van der Waals surface area contributed by atoms with Crippen molar-refractivity contribution in [2.45, 2.75) is 25.5 Å². The van der Waals surface area contributed by atoms with Crippen LogP contribution in [-0.4, -0.2) is 37.8 Å². The Labute approximate surface area is 132 Å². The molecule has 1 saturated carbocycles. The van der Waals surface area contributed by atoms with E-state index in [0.29, 0.717) is 19.7 Å². The first-order valence-corrected chi connectivity index (χ1v) is 8.06. The van der Waals surface area contributed by atoms with Crippen LogP contribution >= 0.6 is 15.9 Å². The number of aliphatic hydroxyl groups excluding tert-OH is 1. The zero-order valence-corrected chi connectivity index (χ0v) is 13.4. The zero-order chi connectivity index (χ0) is 14.7. The van der Waals surface area contributed by atoms with Crippen LogP contribution in [0, 0.1) is 5.92 Å². The van der Waals surface area contributed by atoms with Gasteiger partial charge in [-0.2, -0.15) is 0 Å². The van der Waals surface area contributed by atoms with Crippen LogP contribution < -0.4 is 14.8 Å². The average molecular weight is 358 g/mol. The van der Waals surface area contributed by atoms with Gasteiger partial charge < -0.3 is 24.6 Å². The number of hydrogen-bond acceptors (Lipinski definition) is 5. The highest BCUT2D eigenvalue weighted by Crippen LogP contribution is 2.39. The Morgan fingerprint density at radius 2 is 2.24 bits per heavy atom. The molecule has 2 N–H and O–H groups in total. The standard InChI is InChI=1S/C15H20BrNO4/c16-13-3-11(4-14-15(13)21-9-20-14)5-17-6-12(18)8-19-7-10-1-2-10/h3-4,10,12,17-18H,1-2,5-9H2. The van der Waals surface area contributed by atoms with Crippen LogP contribution in [0.5, 0.6) is 11.5 Å². The summed E-state index contributed by atoms with van der Waals surface area (Å²) in [6.07, 6.45) is 2.07. The molecule has 2 aliphatic rings. The van der Waals surface area contributed by atoms with Crippen LogP contribution in [0.25, 0.3) is 0 Å². The Bertz CT molecular complexity index is 493. The molecule has 5 nitrogen and oxygen atoms in total. The van der Waals surface area contributed by atoms with Gasteiger partial charge in [-0.05, 0) is 52.4 Å². The van der Waals surface area contributed by atoms with E-state index in [4.69, 9.17) is 14.2 Å². The predicted molar refractivity (Wildman–Crippen MR) is 81.5 cm³/mol. The van der Waals surface area contributed by atoms with Crippen LogP contribution in [0.2, 0.25) is 0 Å². The molecule has 0 aromatic heterocycles. The van der Waals surface area contributed by atoms with E-state index in [1.165, 1.54) is 12.8 Å². The maximum atomic E-state index is 9.83. The summed E-state index contributed by atoms with van der Waals surface area (Å²) >= 11 is 3.47. The lowest BCUT2D eigenvalue weighted by Gasteiger charge is -2.12. The van der Waals surface area contributed by atoms with Gasteiger partial charge in [-0.3, -0.25) is 0 Å². The van der Waals surface area contributed by atoms with Crippen LogP contribution in [0.15, 0.2) is 16.6 Å². The third-order valence-corrected chi connectivity index (χ3v) is 4.15. The molecule has 1 aliphatic carbocycles. The van der Waals surface area contributed by atoms with Crippen molar-refractivity contribution in [3.8, 4) is 11.5 Å². The molecule has 1 heterocycles. The Balaban J connectivity index is 1.39.